The van der Waals surface area contributed by atoms with Crippen LogP contribution in [0.1, 0.15) is 6.92 Å². The quantitative estimate of drug-likeness (QED) is 0.754. The number of ether oxygens (including phenoxy) is 2. The van der Waals surface area contributed by atoms with E-state index in [1.54, 1.807) is 14.0 Å². The van der Waals surface area contributed by atoms with Gasteiger partial charge in [-0.25, -0.2) is 12.8 Å². The highest BCUT2D eigenvalue weighted by Crippen LogP contribution is 2.26. The summed E-state index contributed by atoms with van der Waals surface area (Å²) in [6.45, 7) is 3.85. The zero-order valence-electron chi connectivity index (χ0n) is 15.4. The van der Waals surface area contributed by atoms with Gasteiger partial charge in [-0.1, -0.05) is 0 Å². The molecule has 0 atom stereocenters. The Labute approximate surface area is 159 Å². The lowest BCUT2D eigenvalue weighted by molar-refractivity contribution is 0.320. The van der Waals surface area contributed by atoms with Crippen LogP contribution in [0.2, 0.25) is 0 Å². The summed E-state index contributed by atoms with van der Waals surface area (Å²) in [6, 6.07) is 11.3. The molecule has 2 aromatic rings. The van der Waals surface area contributed by atoms with Gasteiger partial charge in [-0.15, -0.1) is 0 Å². The highest BCUT2D eigenvalue weighted by atomic mass is 32.2. The van der Waals surface area contributed by atoms with Gasteiger partial charge in [0.25, 0.3) is 0 Å². The third kappa shape index (κ3) is 4.17. The van der Waals surface area contributed by atoms with Gasteiger partial charge in [-0.05, 0) is 43.3 Å². The summed E-state index contributed by atoms with van der Waals surface area (Å²) in [6.07, 6.45) is 0. The minimum absolute atomic E-state index is 0.0459. The summed E-state index contributed by atoms with van der Waals surface area (Å²) >= 11 is 0. The summed E-state index contributed by atoms with van der Waals surface area (Å²) in [5.41, 5.74) is 1.02. The second-order valence-corrected chi connectivity index (χ2v) is 8.05. The van der Waals surface area contributed by atoms with E-state index >= 15 is 0 Å². The summed E-state index contributed by atoms with van der Waals surface area (Å²) in [5.74, 6) is 0.164. The van der Waals surface area contributed by atoms with E-state index in [4.69, 9.17) is 9.47 Å². The smallest absolute Gasteiger partial charge is 0.243 e. The van der Waals surface area contributed by atoms with E-state index in [9.17, 15) is 12.8 Å². The molecule has 1 aliphatic heterocycles. The molecule has 0 bridgehead atoms. The second kappa shape index (κ2) is 8.14. The molecule has 6 nitrogen and oxygen atoms in total. The number of methoxy groups -OCH3 is 1. The standard InChI is InChI=1S/C19H23FN2O4S/c1-3-26-19-14-17(8-9-18(19)20)27(23,24)22-12-10-21(11-13-22)15-4-6-16(25-2)7-5-15/h4-9,14H,3,10-13H2,1-2H3. The number of nitrogens with zero attached hydrogens (tertiary/aromatic N) is 2. The normalized spacial score (nSPS) is 15.6. The fourth-order valence-electron chi connectivity index (χ4n) is 3.04. The van der Waals surface area contributed by atoms with Crippen molar-refractivity contribution in [2.45, 2.75) is 11.8 Å². The zero-order chi connectivity index (χ0) is 19.4. The molecule has 0 saturated carbocycles. The van der Waals surface area contributed by atoms with Crippen LogP contribution in [0.25, 0.3) is 0 Å². The lowest BCUT2D eigenvalue weighted by Gasteiger charge is -2.35. The maximum atomic E-state index is 13.7. The van der Waals surface area contributed by atoms with Gasteiger partial charge in [-0.3, -0.25) is 0 Å². The Balaban J connectivity index is 1.71. The Morgan fingerprint density at radius 2 is 1.70 bits per heavy atom. The third-order valence-corrected chi connectivity index (χ3v) is 6.41. The van der Waals surface area contributed by atoms with Gasteiger partial charge < -0.3 is 14.4 Å². The highest BCUT2D eigenvalue weighted by Gasteiger charge is 2.29. The van der Waals surface area contributed by atoms with Gasteiger partial charge in [0.1, 0.15) is 5.75 Å². The second-order valence-electron chi connectivity index (χ2n) is 6.11. The zero-order valence-corrected chi connectivity index (χ0v) is 16.2. The average molecular weight is 394 g/mol. The topological polar surface area (TPSA) is 59.1 Å². The molecular formula is C19H23FN2O4S. The number of piperazine rings is 1. The van der Waals surface area contributed by atoms with Crippen molar-refractivity contribution in [2.24, 2.45) is 0 Å². The maximum Gasteiger partial charge on any atom is 0.243 e. The number of benzene rings is 2. The molecule has 0 aliphatic carbocycles. The first-order valence-corrected chi connectivity index (χ1v) is 10.2. The van der Waals surface area contributed by atoms with Gasteiger partial charge in [-0.2, -0.15) is 4.31 Å². The van der Waals surface area contributed by atoms with Gasteiger partial charge in [0.2, 0.25) is 10.0 Å². The van der Waals surface area contributed by atoms with Gasteiger partial charge in [0, 0.05) is 37.9 Å². The van der Waals surface area contributed by atoms with Crippen molar-refractivity contribution in [1.29, 1.82) is 0 Å². The minimum atomic E-state index is -3.70. The molecule has 0 unspecified atom stereocenters. The van der Waals surface area contributed by atoms with E-state index < -0.39 is 15.8 Å². The van der Waals surface area contributed by atoms with Crippen LogP contribution in [0.15, 0.2) is 47.4 Å². The fraction of sp³-hybridized carbons (Fsp3) is 0.368. The molecule has 0 radical (unpaired) electrons. The van der Waals surface area contributed by atoms with Crippen LogP contribution >= 0.6 is 0 Å². The average Bonchev–Trinajstić information content (AvgIpc) is 2.70. The molecule has 2 aromatic carbocycles. The molecular weight excluding hydrogens is 371 g/mol. The predicted octanol–water partition coefficient (Wildman–Crippen LogP) is 2.74. The maximum absolute atomic E-state index is 13.7. The largest absolute Gasteiger partial charge is 0.497 e. The summed E-state index contributed by atoms with van der Waals surface area (Å²) in [7, 11) is -2.08. The number of hydrogen-bond donors (Lipinski definition) is 0. The molecule has 8 heteroatoms. The molecule has 1 aliphatic rings. The van der Waals surface area contributed by atoms with E-state index in [1.165, 1.54) is 16.4 Å². The van der Waals surface area contributed by atoms with E-state index in [0.29, 0.717) is 26.2 Å². The number of rotatable bonds is 6. The molecule has 0 N–H and O–H groups in total. The number of anilines is 1. The monoisotopic (exact) mass is 394 g/mol. The first kappa shape index (κ1) is 19.4. The van der Waals surface area contributed by atoms with E-state index in [2.05, 4.69) is 4.90 Å². The summed E-state index contributed by atoms with van der Waals surface area (Å²) < 4.78 is 51.3. The lowest BCUT2D eigenvalue weighted by atomic mass is 10.2. The lowest BCUT2D eigenvalue weighted by Crippen LogP contribution is -2.48. The summed E-state index contributed by atoms with van der Waals surface area (Å²) in [5, 5.41) is 0. The molecule has 0 aromatic heterocycles. The number of halogens is 1. The van der Waals surface area contributed by atoms with Crippen LogP contribution in [0.3, 0.4) is 0 Å². The first-order valence-electron chi connectivity index (χ1n) is 8.77. The van der Waals surface area contributed by atoms with E-state index in [0.717, 1.165) is 17.5 Å². The highest BCUT2D eigenvalue weighted by molar-refractivity contribution is 7.89. The molecule has 27 heavy (non-hydrogen) atoms. The Kier molecular flexibility index (Phi) is 5.86. The first-order chi connectivity index (χ1) is 13.0. The molecule has 0 spiro atoms. The van der Waals surface area contributed by atoms with Crippen molar-refractivity contribution in [3.8, 4) is 11.5 Å². The Bertz CT molecular complexity index is 879. The van der Waals surface area contributed by atoms with Crippen molar-refractivity contribution in [1.82, 2.24) is 4.31 Å². The number of hydrogen-bond acceptors (Lipinski definition) is 5. The Hall–Kier alpha value is -2.32. The summed E-state index contributed by atoms with van der Waals surface area (Å²) in [4.78, 5) is 2.17. The van der Waals surface area contributed by atoms with Crippen LogP contribution in [0.5, 0.6) is 11.5 Å². The fourth-order valence-corrected chi connectivity index (χ4v) is 4.48. The number of sulfonamides is 1. The molecule has 0 amide bonds. The van der Waals surface area contributed by atoms with Crippen molar-refractivity contribution in [3.05, 3.63) is 48.3 Å². The van der Waals surface area contributed by atoms with Crippen LogP contribution in [0, 0.1) is 5.82 Å². The van der Waals surface area contributed by atoms with Gasteiger partial charge >= 0.3 is 0 Å². The van der Waals surface area contributed by atoms with Crippen LogP contribution in [-0.2, 0) is 10.0 Å². The molecule has 3 rings (SSSR count). The van der Waals surface area contributed by atoms with Crippen molar-refractivity contribution < 1.29 is 22.3 Å². The van der Waals surface area contributed by atoms with Crippen LogP contribution in [-0.4, -0.2) is 52.6 Å². The Morgan fingerprint density at radius 1 is 1.04 bits per heavy atom. The van der Waals surface area contributed by atoms with Crippen molar-refractivity contribution in [3.63, 3.8) is 0 Å². The van der Waals surface area contributed by atoms with Gasteiger partial charge in [0.15, 0.2) is 11.6 Å². The molecule has 1 saturated heterocycles. The molecule has 146 valence electrons. The predicted molar refractivity (Wildman–Crippen MR) is 102 cm³/mol. The third-order valence-electron chi connectivity index (χ3n) is 4.52. The Morgan fingerprint density at radius 3 is 2.30 bits per heavy atom. The van der Waals surface area contributed by atoms with Crippen LogP contribution in [0.4, 0.5) is 10.1 Å². The minimum Gasteiger partial charge on any atom is -0.497 e. The SMILES string of the molecule is CCOc1cc(S(=O)(=O)N2CCN(c3ccc(OC)cc3)CC2)ccc1F. The van der Waals surface area contributed by atoms with E-state index in [1.807, 2.05) is 24.3 Å². The molecule has 1 heterocycles. The van der Waals surface area contributed by atoms with Crippen molar-refractivity contribution in [2.75, 3.05) is 44.8 Å². The van der Waals surface area contributed by atoms with Gasteiger partial charge in [0.05, 0.1) is 18.6 Å². The molecule has 1 fully saturated rings. The van der Waals surface area contributed by atoms with Crippen LogP contribution < -0.4 is 14.4 Å². The van der Waals surface area contributed by atoms with E-state index in [-0.39, 0.29) is 17.3 Å². The van der Waals surface area contributed by atoms with Crippen molar-refractivity contribution >= 4 is 15.7 Å².